The van der Waals surface area contributed by atoms with E-state index in [2.05, 4.69) is 21.6 Å². The van der Waals surface area contributed by atoms with Gasteiger partial charge in [0.15, 0.2) is 0 Å². The van der Waals surface area contributed by atoms with E-state index in [0.29, 0.717) is 5.57 Å². The Morgan fingerprint density at radius 3 is 2.65 bits per heavy atom. The number of hydrogen-bond acceptors (Lipinski definition) is 4. The van der Waals surface area contributed by atoms with Crippen molar-refractivity contribution < 1.29 is 9.53 Å². The Hall–Kier alpha value is -0.870. The Kier molecular flexibility index (Phi) is 6.22. The van der Waals surface area contributed by atoms with Crippen LogP contribution < -0.4 is 0 Å². The number of rotatable bonds is 6. The molecule has 4 heteroatoms. The number of likely N-dealkylation sites (N-methyl/N-ethyl adjacent to an activating group) is 1. The second-order valence-corrected chi connectivity index (χ2v) is 4.69. The van der Waals surface area contributed by atoms with Gasteiger partial charge in [-0.1, -0.05) is 6.08 Å². The van der Waals surface area contributed by atoms with Crippen LogP contribution in [-0.4, -0.2) is 62.7 Å². The average molecular weight is 240 g/mol. The maximum atomic E-state index is 11.2. The van der Waals surface area contributed by atoms with Crippen molar-refractivity contribution >= 4 is 5.97 Å². The summed E-state index contributed by atoms with van der Waals surface area (Å²) in [6.45, 7) is 7.25. The van der Waals surface area contributed by atoms with E-state index in [-0.39, 0.29) is 5.97 Å². The molecule has 0 radical (unpaired) electrons. The average Bonchev–Trinajstić information content (AvgIpc) is 2.85. The fourth-order valence-electron chi connectivity index (χ4n) is 1.95. The molecule has 0 aromatic rings. The van der Waals surface area contributed by atoms with Crippen LogP contribution in [0.25, 0.3) is 0 Å². The number of carbonyl (C=O) groups is 1. The first kappa shape index (κ1) is 14.2. The third-order valence-corrected chi connectivity index (χ3v) is 3.21. The highest BCUT2D eigenvalue weighted by atomic mass is 16.5. The Morgan fingerprint density at radius 1 is 1.41 bits per heavy atom. The molecule has 17 heavy (non-hydrogen) atoms. The van der Waals surface area contributed by atoms with E-state index >= 15 is 0 Å². The highest BCUT2D eigenvalue weighted by molar-refractivity contribution is 5.87. The smallest absolute Gasteiger partial charge is 0.333 e. The van der Waals surface area contributed by atoms with Crippen LogP contribution in [0.3, 0.4) is 0 Å². The van der Waals surface area contributed by atoms with E-state index in [4.69, 9.17) is 0 Å². The number of likely N-dealkylation sites (tertiary alicyclic amines) is 1. The van der Waals surface area contributed by atoms with Gasteiger partial charge in [0.1, 0.15) is 0 Å². The lowest BCUT2D eigenvalue weighted by Crippen LogP contribution is -2.31. The summed E-state index contributed by atoms with van der Waals surface area (Å²) in [6, 6.07) is 0. The highest BCUT2D eigenvalue weighted by Crippen LogP contribution is 2.06. The summed E-state index contributed by atoms with van der Waals surface area (Å²) in [7, 11) is 3.49. The number of ether oxygens (including phenoxy) is 1. The van der Waals surface area contributed by atoms with Gasteiger partial charge in [0.2, 0.25) is 0 Å². The summed E-state index contributed by atoms with van der Waals surface area (Å²) in [5, 5.41) is 0. The molecule has 0 aliphatic carbocycles. The van der Waals surface area contributed by atoms with Gasteiger partial charge in [0, 0.05) is 25.2 Å². The van der Waals surface area contributed by atoms with Crippen molar-refractivity contribution in [3.8, 4) is 0 Å². The molecule has 0 spiro atoms. The van der Waals surface area contributed by atoms with Crippen LogP contribution in [0.5, 0.6) is 0 Å². The van der Waals surface area contributed by atoms with Crippen LogP contribution in [0, 0.1) is 0 Å². The molecule has 98 valence electrons. The largest absolute Gasteiger partial charge is 0.466 e. The second kappa shape index (κ2) is 7.45. The van der Waals surface area contributed by atoms with Gasteiger partial charge < -0.3 is 14.5 Å². The number of methoxy groups -OCH3 is 1. The van der Waals surface area contributed by atoms with Crippen molar-refractivity contribution in [3.63, 3.8) is 0 Å². The van der Waals surface area contributed by atoms with Crippen molar-refractivity contribution in [2.45, 2.75) is 19.8 Å². The fraction of sp³-hybridized carbons (Fsp3) is 0.769. The zero-order valence-corrected chi connectivity index (χ0v) is 11.2. The standard InChI is InChI=1S/C13H24N2O2/c1-12(13(16)17-3)6-9-14(2)10-11-15-7-4-5-8-15/h6H,4-5,7-11H2,1-3H3. The normalized spacial score (nSPS) is 17.8. The number of carbonyl (C=O) groups excluding carboxylic acids is 1. The van der Waals surface area contributed by atoms with Gasteiger partial charge in [-0.3, -0.25) is 0 Å². The molecule has 0 aromatic carbocycles. The van der Waals surface area contributed by atoms with Crippen LogP contribution in [0.1, 0.15) is 19.8 Å². The first-order chi connectivity index (χ1) is 8.13. The molecule has 1 saturated heterocycles. The van der Waals surface area contributed by atoms with Crippen LogP contribution in [0.15, 0.2) is 11.6 Å². The quantitative estimate of drug-likeness (QED) is 0.515. The summed E-state index contributed by atoms with van der Waals surface area (Å²) >= 11 is 0. The minimum atomic E-state index is -0.238. The van der Waals surface area contributed by atoms with Crippen LogP contribution >= 0.6 is 0 Å². The molecule has 1 rings (SSSR count). The first-order valence-corrected chi connectivity index (χ1v) is 6.29. The monoisotopic (exact) mass is 240 g/mol. The van der Waals surface area contributed by atoms with Gasteiger partial charge in [0.05, 0.1) is 7.11 Å². The molecular formula is C13H24N2O2. The maximum Gasteiger partial charge on any atom is 0.333 e. The third kappa shape index (κ3) is 5.33. The molecule has 0 saturated carbocycles. The summed E-state index contributed by atoms with van der Waals surface area (Å²) in [5.74, 6) is -0.238. The van der Waals surface area contributed by atoms with Gasteiger partial charge in [-0.2, -0.15) is 0 Å². The SMILES string of the molecule is COC(=O)C(C)=CCN(C)CCN1CCCC1. The second-order valence-electron chi connectivity index (χ2n) is 4.69. The van der Waals surface area contributed by atoms with E-state index < -0.39 is 0 Å². The van der Waals surface area contributed by atoms with E-state index in [1.165, 1.54) is 33.0 Å². The van der Waals surface area contributed by atoms with E-state index in [0.717, 1.165) is 19.6 Å². The molecule has 0 bridgehead atoms. The molecule has 0 unspecified atom stereocenters. The van der Waals surface area contributed by atoms with Crippen molar-refractivity contribution in [1.29, 1.82) is 0 Å². The van der Waals surface area contributed by atoms with Crippen LogP contribution in [-0.2, 0) is 9.53 Å². The molecule has 1 aliphatic rings. The number of esters is 1. The molecule has 1 heterocycles. The molecule has 1 fully saturated rings. The lowest BCUT2D eigenvalue weighted by Gasteiger charge is -2.20. The Balaban J connectivity index is 2.19. The van der Waals surface area contributed by atoms with Crippen molar-refractivity contribution in [2.75, 3.05) is 46.9 Å². The summed E-state index contributed by atoms with van der Waals surface area (Å²) in [4.78, 5) is 15.9. The van der Waals surface area contributed by atoms with Gasteiger partial charge in [-0.05, 0) is 39.9 Å². The molecule has 1 aliphatic heterocycles. The summed E-state index contributed by atoms with van der Waals surface area (Å²) in [6.07, 6.45) is 4.60. The Morgan fingerprint density at radius 2 is 2.06 bits per heavy atom. The Bertz CT molecular complexity index is 271. The van der Waals surface area contributed by atoms with Gasteiger partial charge in [-0.25, -0.2) is 4.79 Å². The zero-order chi connectivity index (χ0) is 12.7. The van der Waals surface area contributed by atoms with E-state index in [1.54, 1.807) is 6.92 Å². The highest BCUT2D eigenvalue weighted by Gasteiger charge is 2.11. The summed E-state index contributed by atoms with van der Waals surface area (Å²) in [5.41, 5.74) is 0.681. The third-order valence-electron chi connectivity index (χ3n) is 3.21. The lowest BCUT2D eigenvalue weighted by atomic mass is 10.3. The first-order valence-electron chi connectivity index (χ1n) is 6.29. The predicted molar refractivity (Wildman–Crippen MR) is 68.9 cm³/mol. The molecule has 0 atom stereocenters. The van der Waals surface area contributed by atoms with Gasteiger partial charge in [0.25, 0.3) is 0 Å². The van der Waals surface area contributed by atoms with Crippen molar-refractivity contribution in [3.05, 3.63) is 11.6 Å². The zero-order valence-electron chi connectivity index (χ0n) is 11.2. The Labute approximate surface area is 104 Å². The molecule has 0 amide bonds. The molecule has 4 nitrogen and oxygen atoms in total. The van der Waals surface area contributed by atoms with E-state index in [1.807, 2.05) is 6.08 Å². The fourth-order valence-corrected chi connectivity index (χ4v) is 1.95. The van der Waals surface area contributed by atoms with Gasteiger partial charge in [-0.15, -0.1) is 0 Å². The molecule has 0 aromatic heterocycles. The number of hydrogen-bond donors (Lipinski definition) is 0. The molecule has 0 N–H and O–H groups in total. The minimum absolute atomic E-state index is 0.238. The van der Waals surface area contributed by atoms with Crippen LogP contribution in [0.4, 0.5) is 0 Å². The predicted octanol–water partition coefficient (Wildman–Crippen LogP) is 1.13. The van der Waals surface area contributed by atoms with Gasteiger partial charge >= 0.3 is 5.97 Å². The lowest BCUT2D eigenvalue weighted by molar-refractivity contribution is -0.136. The topological polar surface area (TPSA) is 32.8 Å². The van der Waals surface area contributed by atoms with E-state index in [9.17, 15) is 4.79 Å². The van der Waals surface area contributed by atoms with Crippen LogP contribution in [0.2, 0.25) is 0 Å². The van der Waals surface area contributed by atoms with Crippen molar-refractivity contribution in [1.82, 2.24) is 9.80 Å². The maximum absolute atomic E-state index is 11.2. The molecular weight excluding hydrogens is 216 g/mol. The minimum Gasteiger partial charge on any atom is -0.466 e. The number of nitrogens with zero attached hydrogens (tertiary/aromatic N) is 2. The van der Waals surface area contributed by atoms with Crippen molar-refractivity contribution in [2.24, 2.45) is 0 Å². The summed E-state index contributed by atoms with van der Waals surface area (Å²) < 4.78 is 4.65.